The van der Waals surface area contributed by atoms with Crippen LogP contribution in [0.1, 0.15) is 0 Å². The monoisotopic (exact) mass is 338 g/mol. The van der Waals surface area contributed by atoms with Crippen molar-refractivity contribution in [3.8, 4) is 11.5 Å². The fourth-order valence-electron chi connectivity index (χ4n) is 2.71. The summed E-state index contributed by atoms with van der Waals surface area (Å²) in [7, 11) is 0. The maximum absolute atomic E-state index is 6.03. The van der Waals surface area contributed by atoms with E-state index < -0.39 is 0 Å². The molecule has 0 saturated carbocycles. The Morgan fingerprint density at radius 2 is 2.17 bits per heavy atom. The average Bonchev–Trinajstić information content (AvgIpc) is 3.25. The summed E-state index contributed by atoms with van der Waals surface area (Å²) in [5, 5.41) is 5.20. The molecule has 6 heteroatoms. The van der Waals surface area contributed by atoms with Crippen LogP contribution < -0.4 is 5.32 Å². The van der Waals surface area contributed by atoms with Gasteiger partial charge in [0.15, 0.2) is 5.76 Å². The number of imidazole rings is 1. The van der Waals surface area contributed by atoms with Gasteiger partial charge in [0.05, 0.1) is 24.3 Å². The molecule has 120 valence electrons. The van der Waals surface area contributed by atoms with Crippen LogP contribution in [0, 0.1) is 0 Å². The lowest BCUT2D eigenvalue weighted by Crippen LogP contribution is -2.11. The maximum atomic E-state index is 6.03. The molecule has 0 spiro atoms. The molecule has 24 heavy (non-hydrogen) atoms. The second-order valence-corrected chi connectivity index (χ2v) is 5.83. The molecule has 0 saturated heterocycles. The molecule has 0 radical (unpaired) electrons. The quantitative estimate of drug-likeness (QED) is 0.584. The van der Waals surface area contributed by atoms with E-state index in [4.69, 9.17) is 16.0 Å². The number of fused-ring (bicyclic) bond motifs is 1. The van der Waals surface area contributed by atoms with Crippen LogP contribution in [0.5, 0.6) is 0 Å². The number of aromatic nitrogens is 3. The third-order valence-corrected chi connectivity index (χ3v) is 4.09. The SMILES string of the molecule is Clc1ccc2c(NCCn3cncc3-c3ccco3)ccnc2c1. The third-order valence-electron chi connectivity index (χ3n) is 3.86. The highest BCUT2D eigenvalue weighted by Gasteiger charge is 2.08. The van der Waals surface area contributed by atoms with Gasteiger partial charge in [-0.25, -0.2) is 4.98 Å². The minimum Gasteiger partial charge on any atom is -0.463 e. The molecule has 0 atom stereocenters. The minimum atomic E-state index is 0.689. The van der Waals surface area contributed by atoms with Crippen LogP contribution >= 0.6 is 11.6 Å². The summed E-state index contributed by atoms with van der Waals surface area (Å²) in [5.41, 5.74) is 2.89. The number of pyridine rings is 1. The lowest BCUT2D eigenvalue weighted by Gasteiger charge is -2.11. The summed E-state index contributed by atoms with van der Waals surface area (Å²) < 4.78 is 7.51. The molecule has 3 aromatic heterocycles. The van der Waals surface area contributed by atoms with Gasteiger partial charge in [0.1, 0.15) is 5.69 Å². The molecule has 0 fully saturated rings. The summed E-state index contributed by atoms with van der Waals surface area (Å²) in [6.45, 7) is 1.53. The number of furan rings is 1. The maximum Gasteiger partial charge on any atom is 0.151 e. The van der Waals surface area contributed by atoms with E-state index >= 15 is 0 Å². The van der Waals surface area contributed by atoms with Crippen LogP contribution in [0.3, 0.4) is 0 Å². The van der Waals surface area contributed by atoms with Crippen molar-refractivity contribution < 1.29 is 4.42 Å². The first-order chi connectivity index (χ1) is 11.8. The Kier molecular flexibility index (Phi) is 3.92. The van der Waals surface area contributed by atoms with Gasteiger partial charge in [-0.2, -0.15) is 0 Å². The Balaban J connectivity index is 1.50. The number of rotatable bonds is 5. The first-order valence-electron chi connectivity index (χ1n) is 7.63. The van der Waals surface area contributed by atoms with E-state index in [1.165, 1.54) is 0 Å². The summed E-state index contributed by atoms with van der Waals surface area (Å²) in [6, 6.07) is 11.5. The first kappa shape index (κ1) is 14.8. The zero-order valence-electron chi connectivity index (χ0n) is 12.8. The predicted molar refractivity (Wildman–Crippen MR) is 95.2 cm³/mol. The zero-order valence-corrected chi connectivity index (χ0v) is 13.6. The van der Waals surface area contributed by atoms with Crippen molar-refractivity contribution in [2.24, 2.45) is 0 Å². The zero-order chi connectivity index (χ0) is 16.4. The predicted octanol–water partition coefficient (Wildman–Crippen LogP) is 4.46. The van der Waals surface area contributed by atoms with Crippen LogP contribution in [0.2, 0.25) is 5.02 Å². The second-order valence-electron chi connectivity index (χ2n) is 5.40. The first-order valence-corrected chi connectivity index (χ1v) is 8.01. The summed E-state index contributed by atoms with van der Waals surface area (Å²) in [4.78, 5) is 8.57. The van der Waals surface area contributed by atoms with Crippen molar-refractivity contribution in [1.82, 2.24) is 14.5 Å². The molecule has 0 amide bonds. The van der Waals surface area contributed by atoms with Crippen LogP contribution in [-0.2, 0) is 6.54 Å². The normalized spacial score (nSPS) is 11.0. The highest BCUT2D eigenvalue weighted by molar-refractivity contribution is 6.31. The standard InChI is InChI=1S/C18H15ClN4O/c19-13-3-4-14-15(5-6-21-16(14)10-13)22-7-8-23-12-20-11-17(23)18-2-1-9-24-18/h1-6,9-12H,7-8H2,(H,21,22). The summed E-state index contributed by atoms with van der Waals surface area (Å²) >= 11 is 6.03. The van der Waals surface area contributed by atoms with Gasteiger partial charge in [-0.3, -0.25) is 4.98 Å². The lowest BCUT2D eigenvalue weighted by molar-refractivity contribution is 0.572. The summed E-state index contributed by atoms with van der Waals surface area (Å²) in [6.07, 6.45) is 7.07. The topological polar surface area (TPSA) is 55.9 Å². The Morgan fingerprint density at radius 3 is 3.04 bits per heavy atom. The number of benzene rings is 1. The molecule has 4 rings (SSSR count). The molecule has 1 aromatic carbocycles. The van der Waals surface area contributed by atoms with E-state index in [0.717, 1.165) is 41.1 Å². The molecule has 1 N–H and O–H groups in total. The van der Waals surface area contributed by atoms with E-state index in [2.05, 4.69) is 19.9 Å². The van der Waals surface area contributed by atoms with E-state index in [1.807, 2.05) is 48.9 Å². The van der Waals surface area contributed by atoms with E-state index in [1.54, 1.807) is 12.5 Å². The van der Waals surface area contributed by atoms with Crippen molar-refractivity contribution in [3.05, 3.63) is 66.4 Å². The molecule has 0 unspecified atom stereocenters. The van der Waals surface area contributed by atoms with Gasteiger partial charge < -0.3 is 14.3 Å². The Hall–Kier alpha value is -2.79. The molecule has 0 bridgehead atoms. The molecule has 5 nitrogen and oxygen atoms in total. The number of halogens is 1. The molecule has 0 aliphatic heterocycles. The average molecular weight is 339 g/mol. The van der Waals surface area contributed by atoms with Gasteiger partial charge in [-0.05, 0) is 36.4 Å². The molecular weight excluding hydrogens is 324 g/mol. The number of hydrogen-bond acceptors (Lipinski definition) is 4. The molecule has 4 aromatic rings. The smallest absolute Gasteiger partial charge is 0.151 e. The van der Waals surface area contributed by atoms with Gasteiger partial charge in [-0.1, -0.05) is 11.6 Å². The van der Waals surface area contributed by atoms with Crippen molar-refractivity contribution in [3.63, 3.8) is 0 Å². The molecular formula is C18H15ClN4O. The Morgan fingerprint density at radius 1 is 1.21 bits per heavy atom. The minimum absolute atomic E-state index is 0.689. The summed E-state index contributed by atoms with van der Waals surface area (Å²) in [5.74, 6) is 0.816. The van der Waals surface area contributed by atoms with E-state index in [0.29, 0.717) is 5.02 Å². The number of hydrogen-bond donors (Lipinski definition) is 1. The Labute approximate surface area is 143 Å². The van der Waals surface area contributed by atoms with Crippen LogP contribution in [0.4, 0.5) is 5.69 Å². The van der Waals surface area contributed by atoms with Crippen molar-refractivity contribution in [2.75, 3.05) is 11.9 Å². The van der Waals surface area contributed by atoms with Gasteiger partial charge in [-0.15, -0.1) is 0 Å². The Bertz CT molecular complexity index is 962. The van der Waals surface area contributed by atoms with Crippen molar-refractivity contribution in [2.45, 2.75) is 6.54 Å². The fourth-order valence-corrected chi connectivity index (χ4v) is 2.88. The van der Waals surface area contributed by atoms with Gasteiger partial charge in [0, 0.05) is 35.4 Å². The molecule has 0 aliphatic rings. The second kappa shape index (κ2) is 6.37. The van der Waals surface area contributed by atoms with Crippen LogP contribution in [0.15, 0.2) is 65.8 Å². The molecule has 0 aliphatic carbocycles. The number of anilines is 1. The van der Waals surface area contributed by atoms with Crippen molar-refractivity contribution >= 4 is 28.2 Å². The van der Waals surface area contributed by atoms with E-state index in [-0.39, 0.29) is 0 Å². The van der Waals surface area contributed by atoms with Gasteiger partial charge >= 0.3 is 0 Å². The van der Waals surface area contributed by atoms with Crippen LogP contribution in [0.25, 0.3) is 22.4 Å². The largest absolute Gasteiger partial charge is 0.463 e. The molecule has 3 heterocycles. The fraction of sp³-hybridized carbons (Fsp3) is 0.111. The van der Waals surface area contributed by atoms with Gasteiger partial charge in [0.25, 0.3) is 0 Å². The lowest BCUT2D eigenvalue weighted by atomic mass is 10.2. The highest BCUT2D eigenvalue weighted by atomic mass is 35.5. The number of nitrogens with zero attached hydrogens (tertiary/aromatic N) is 3. The van der Waals surface area contributed by atoms with E-state index in [9.17, 15) is 0 Å². The van der Waals surface area contributed by atoms with Crippen molar-refractivity contribution in [1.29, 1.82) is 0 Å². The third kappa shape index (κ3) is 2.86. The number of nitrogens with one attached hydrogen (secondary N) is 1. The van der Waals surface area contributed by atoms with Gasteiger partial charge in [0.2, 0.25) is 0 Å². The highest BCUT2D eigenvalue weighted by Crippen LogP contribution is 2.24. The van der Waals surface area contributed by atoms with Crippen LogP contribution in [-0.4, -0.2) is 21.1 Å².